The van der Waals surface area contributed by atoms with E-state index in [9.17, 15) is 4.79 Å². The average Bonchev–Trinajstić information content (AvgIpc) is 3.09. The zero-order valence-corrected chi connectivity index (χ0v) is 14.4. The van der Waals surface area contributed by atoms with Crippen LogP contribution in [-0.2, 0) is 4.74 Å². The predicted octanol–water partition coefficient (Wildman–Crippen LogP) is 3.15. The Labute approximate surface area is 142 Å². The Kier molecular flexibility index (Phi) is 4.57. The lowest BCUT2D eigenvalue weighted by Crippen LogP contribution is -2.52. The van der Waals surface area contributed by atoms with E-state index in [2.05, 4.69) is 24.3 Å². The van der Waals surface area contributed by atoms with E-state index < -0.39 is 0 Å². The maximum absolute atomic E-state index is 12.5. The van der Waals surface area contributed by atoms with Crippen LogP contribution in [0.15, 0.2) is 42.7 Å². The molecular formula is C18H24N4O2. The number of ether oxygens (including phenoxy) is 1. The molecule has 128 valence electrons. The summed E-state index contributed by atoms with van der Waals surface area (Å²) in [5.74, 6) is 0. The molecule has 2 heterocycles. The van der Waals surface area contributed by atoms with Crippen molar-refractivity contribution in [2.45, 2.75) is 26.4 Å². The van der Waals surface area contributed by atoms with Gasteiger partial charge < -0.3 is 15.0 Å². The summed E-state index contributed by atoms with van der Waals surface area (Å²) in [4.78, 5) is 14.4. The molecule has 2 aromatic rings. The van der Waals surface area contributed by atoms with Crippen molar-refractivity contribution >= 4 is 11.7 Å². The largest absolute Gasteiger partial charge is 0.381 e. The van der Waals surface area contributed by atoms with Gasteiger partial charge in [0.05, 0.1) is 11.8 Å². The lowest BCUT2D eigenvalue weighted by atomic mass is 9.81. The van der Waals surface area contributed by atoms with Crippen LogP contribution in [0, 0.1) is 5.41 Å². The number of rotatable bonds is 3. The number of aromatic nitrogens is 2. The van der Waals surface area contributed by atoms with Crippen LogP contribution < -0.4 is 5.32 Å². The number of piperidine rings is 1. The minimum Gasteiger partial charge on any atom is -0.381 e. The fourth-order valence-corrected chi connectivity index (χ4v) is 3.27. The van der Waals surface area contributed by atoms with E-state index in [-0.39, 0.29) is 17.6 Å². The SMILES string of the molecule is CO[C@H]1CCN(C(=O)Nc2ccc(-n3cccn3)cc2)CC1(C)C. The number of benzene rings is 1. The number of methoxy groups -OCH3 is 1. The molecule has 1 aromatic heterocycles. The molecule has 1 saturated heterocycles. The van der Waals surface area contributed by atoms with Crippen LogP contribution in [-0.4, -0.2) is 47.0 Å². The molecule has 1 N–H and O–H groups in total. The molecule has 0 radical (unpaired) electrons. The van der Waals surface area contributed by atoms with Crippen molar-refractivity contribution in [1.82, 2.24) is 14.7 Å². The third-order valence-corrected chi connectivity index (χ3v) is 4.59. The number of likely N-dealkylation sites (tertiary alicyclic amines) is 1. The summed E-state index contributed by atoms with van der Waals surface area (Å²) >= 11 is 0. The predicted molar refractivity (Wildman–Crippen MR) is 93.4 cm³/mol. The second-order valence-corrected chi connectivity index (χ2v) is 6.85. The molecule has 0 unspecified atom stereocenters. The van der Waals surface area contributed by atoms with E-state index in [4.69, 9.17) is 4.74 Å². The van der Waals surface area contributed by atoms with E-state index in [1.54, 1.807) is 18.0 Å². The molecule has 0 saturated carbocycles. The third-order valence-electron chi connectivity index (χ3n) is 4.59. The summed E-state index contributed by atoms with van der Waals surface area (Å²) < 4.78 is 7.32. The molecule has 24 heavy (non-hydrogen) atoms. The van der Waals surface area contributed by atoms with Gasteiger partial charge in [0.1, 0.15) is 0 Å². The molecule has 0 spiro atoms. The van der Waals surface area contributed by atoms with Crippen LogP contribution in [0.2, 0.25) is 0 Å². The van der Waals surface area contributed by atoms with Crippen LogP contribution >= 0.6 is 0 Å². The molecule has 1 fully saturated rings. The second kappa shape index (κ2) is 6.65. The van der Waals surface area contributed by atoms with Gasteiger partial charge in [-0.25, -0.2) is 9.48 Å². The van der Waals surface area contributed by atoms with E-state index in [1.165, 1.54) is 0 Å². The molecule has 6 heteroatoms. The van der Waals surface area contributed by atoms with Crippen LogP contribution in [0.25, 0.3) is 5.69 Å². The molecule has 6 nitrogen and oxygen atoms in total. The number of carbonyl (C=O) groups excluding carboxylic acids is 1. The molecule has 1 aliphatic heterocycles. The number of nitrogens with one attached hydrogen (secondary N) is 1. The standard InChI is InChI=1S/C18H24N4O2/c1-18(2)13-21(12-9-16(18)24-3)17(23)20-14-5-7-15(8-6-14)22-11-4-10-19-22/h4-8,10-11,16H,9,12-13H2,1-3H3,(H,20,23)/t16-/m0/s1. The Bertz CT molecular complexity index is 680. The Hall–Kier alpha value is -2.34. The molecule has 0 bridgehead atoms. The van der Waals surface area contributed by atoms with Gasteiger partial charge in [-0.15, -0.1) is 0 Å². The van der Waals surface area contributed by atoms with Gasteiger partial charge in [0, 0.05) is 43.7 Å². The number of carbonyl (C=O) groups is 1. The van der Waals surface area contributed by atoms with Crippen molar-refractivity contribution in [3.8, 4) is 5.69 Å². The Morgan fingerprint density at radius 1 is 1.33 bits per heavy atom. The minimum atomic E-state index is -0.0653. The Morgan fingerprint density at radius 3 is 2.67 bits per heavy atom. The van der Waals surface area contributed by atoms with Gasteiger partial charge in [0.2, 0.25) is 0 Å². The number of anilines is 1. The summed E-state index contributed by atoms with van der Waals surface area (Å²) in [6, 6.07) is 9.46. The Balaban J connectivity index is 1.63. The number of nitrogens with zero attached hydrogens (tertiary/aromatic N) is 3. The molecule has 0 aliphatic carbocycles. The average molecular weight is 328 g/mol. The van der Waals surface area contributed by atoms with Crippen LogP contribution in [0.3, 0.4) is 0 Å². The van der Waals surface area contributed by atoms with Gasteiger partial charge in [0.15, 0.2) is 0 Å². The lowest BCUT2D eigenvalue weighted by Gasteiger charge is -2.43. The second-order valence-electron chi connectivity index (χ2n) is 6.85. The molecule has 1 aliphatic rings. The van der Waals surface area contributed by atoms with Crippen LogP contribution in [0.4, 0.5) is 10.5 Å². The smallest absolute Gasteiger partial charge is 0.321 e. The fraction of sp³-hybridized carbons (Fsp3) is 0.444. The first-order valence-electron chi connectivity index (χ1n) is 8.18. The van der Waals surface area contributed by atoms with Crippen molar-refractivity contribution in [3.05, 3.63) is 42.7 Å². The highest BCUT2D eigenvalue weighted by Gasteiger charge is 2.37. The van der Waals surface area contributed by atoms with E-state index in [0.29, 0.717) is 13.1 Å². The number of urea groups is 1. The van der Waals surface area contributed by atoms with Crippen LogP contribution in [0.1, 0.15) is 20.3 Å². The van der Waals surface area contributed by atoms with Gasteiger partial charge in [-0.1, -0.05) is 13.8 Å². The quantitative estimate of drug-likeness (QED) is 0.941. The zero-order chi connectivity index (χ0) is 17.2. The molecular weight excluding hydrogens is 304 g/mol. The molecule has 3 rings (SSSR count). The third kappa shape index (κ3) is 3.43. The van der Waals surface area contributed by atoms with Crippen molar-refractivity contribution in [3.63, 3.8) is 0 Å². The summed E-state index contributed by atoms with van der Waals surface area (Å²) in [5, 5.41) is 7.16. The minimum absolute atomic E-state index is 0.0473. The highest BCUT2D eigenvalue weighted by molar-refractivity contribution is 5.89. The highest BCUT2D eigenvalue weighted by Crippen LogP contribution is 2.31. The van der Waals surface area contributed by atoms with Gasteiger partial charge >= 0.3 is 6.03 Å². The molecule has 1 atom stereocenters. The normalized spacial score (nSPS) is 20.0. The maximum Gasteiger partial charge on any atom is 0.321 e. The summed E-state index contributed by atoms with van der Waals surface area (Å²) in [7, 11) is 1.74. The van der Waals surface area contributed by atoms with Gasteiger partial charge in [-0.2, -0.15) is 5.10 Å². The summed E-state index contributed by atoms with van der Waals surface area (Å²) in [5.41, 5.74) is 1.69. The Morgan fingerprint density at radius 2 is 2.08 bits per heavy atom. The van der Waals surface area contributed by atoms with E-state index >= 15 is 0 Å². The van der Waals surface area contributed by atoms with Crippen molar-refractivity contribution in [1.29, 1.82) is 0 Å². The number of amides is 2. The van der Waals surface area contributed by atoms with Crippen molar-refractivity contribution in [2.75, 3.05) is 25.5 Å². The van der Waals surface area contributed by atoms with E-state index in [1.807, 2.05) is 41.4 Å². The molecule has 1 aromatic carbocycles. The van der Waals surface area contributed by atoms with Gasteiger partial charge in [-0.3, -0.25) is 0 Å². The maximum atomic E-state index is 12.5. The van der Waals surface area contributed by atoms with E-state index in [0.717, 1.165) is 17.8 Å². The number of hydrogen-bond donors (Lipinski definition) is 1. The van der Waals surface area contributed by atoms with Crippen molar-refractivity contribution < 1.29 is 9.53 Å². The van der Waals surface area contributed by atoms with Gasteiger partial charge in [0.25, 0.3) is 0 Å². The first-order chi connectivity index (χ1) is 11.5. The summed E-state index contributed by atoms with van der Waals surface area (Å²) in [6.07, 6.45) is 4.67. The fourth-order valence-electron chi connectivity index (χ4n) is 3.27. The first-order valence-corrected chi connectivity index (χ1v) is 8.18. The van der Waals surface area contributed by atoms with Gasteiger partial charge in [-0.05, 0) is 36.8 Å². The van der Waals surface area contributed by atoms with Crippen LogP contribution in [0.5, 0.6) is 0 Å². The summed E-state index contributed by atoms with van der Waals surface area (Å²) in [6.45, 7) is 5.67. The lowest BCUT2D eigenvalue weighted by molar-refractivity contribution is -0.0394. The first kappa shape index (κ1) is 16.5. The van der Waals surface area contributed by atoms with Crippen molar-refractivity contribution in [2.24, 2.45) is 5.41 Å². The zero-order valence-electron chi connectivity index (χ0n) is 14.4. The monoisotopic (exact) mass is 328 g/mol. The highest BCUT2D eigenvalue weighted by atomic mass is 16.5. The molecule has 2 amide bonds. The topological polar surface area (TPSA) is 59.4 Å². The number of hydrogen-bond acceptors (Lipinski definition) is 3.